The third-order valence-electron chi connectivity index (χ3n) is 2.02. The first kappa shape index (κ1) is 39.7. The van der Waals surface area contributed by atoms with Gasteiger partial charge >= 0.3 is 0 Å². The maximum Gasteiger partial charge on any atom is 0.103 e. The Morgan fingerprint density at radius 2 is 0.517 bits per heavy atom. The van der Waals surface area contributed by atoms with Crippen molar-refractivity contribution < 1.29 is 42.1 Å². The van der Waals surface area contributed by atoms with E-state index in [0.717, 1.165) is 0 Å². The van der Waals surface area contributed by atoms with Crippen LogP contribution >= 0.6 is 0 Å². The molecule has 0 aromatic heterocycles. The van der Waals surface area contributed by atoms with Crippen LogP contribution in [0.25, 0.3) is 0 Å². The minimum atomic E-state index is -0.500. The normalized spacial score (nSPS) is 18.2. The number of hydrogen-bond donors (Lipinski definition) is 12. The van der Waals surface area contributed by atoms with Gasteiger partial charge in [-0.05, 0) is 55.4 Å². The van der Waals surface area contributed by atoms with E-state index in [4.69, 9.17) is 43.4 Å². The monoisotopic (exact) mass is 464 g/mol. The van der Waals surface area contributed by atoms with E-state index in [-0.39, 0.29) is 46.4 Å². The Bertz CT molecular complexity index is 218. The first-order valence-corrected chi connectivity index (χ1v) is 9.29. The van der Waals surface area contributed by atoms with E-state index in [1.807, 2.05) is 0 Å². The fraction of sp³-hybridized carbons (Fsp3) is 1.00. The predicted molar refractivity (Wildman–Crippen MR) is 114 cm³/mol. The summed E-state index contributed by atoms with van der Waals surface area (Å²) in [5.41, 5.74) is 20.9. The molecule has 0 spiro atoms. The average molecular weight is 464 g/mol. The van der Waals surface area contributed by atoms with E-state index in [1.165, 1.54) is 0 Å². The molecule has 0 heterocycles. The molecule has 0 bridgehead atoms. The molecule has 0 aromatic rings. The van der Waals surface area contributed by atoms with Gasteiger partial charge in [0.15, 0.2) is 0 Å². The van der Waals surface area contributed by atoms with Crippen LogP contribution in [0.15, 0.2) is 0 Å². The molecule has 0 saturated heterocycles. The summed E-state index contributed by atoms with van der Waals surface area (Å²) in [6.07, 6.45) is -2.50. The van der Waals surface area contributed by atoms with Crippen LogP contribution in [0.4, 0.5) is 0 Å². The van der Waals surface area contributed by atoms with Crippen LogP contribution in [-0.4, -0.2) is 70.0 Å². The van der Waals surface area contributed by atoms with Crippen LogP contribution < -0.4 is 44.2 Å². The summed E-state index contributed by atoms with van der Waals surface area (Å²) in [6.45, 7) is 13.6. The van der Waals surface area contributed by atoms with E-state index in [0.29, 0.717) is 0 Å². The van der Waals surface area contributed by atoms with Gasteiger partial charge in [-0.25, -0.2) is 0 Å². The first-order chi connectivity index (χ1) is 12.5. The fourth-order valence-electron chi connectivity index (χ4n) is 1.52. The van der Waals surface area contributed by atoms with Crippen LogP contribution in [0, 0.1) is 0 Å². The Morgan fingerprint density at radius 1 is 0.414 bits per heavy atom. The molecule has 0 aliphatic heterocycles. The third kappa shape index (κ3) is 73.7. The smallest absolute Gasteiger partial charge is 0.103 e. The van der Waals surface area contributed by atoms with Crippen LogP contribution in [-0.2, 0) is 21.7 Å². The van der Waals surface area contributed by atoms with Gasteiger partial charge in [-0.15, -0.1) is 0 Å². The maximum absolute atomic E-state index is 8.53. The predicted octanol–water partition coefficient (Wildman–Crippen LogP) is -3.13. The molecule has 29 heavy (non-hydrogen) atoms. The molecule has 0 aliphatic rings. The molecule has 0 saturated carbocycles. The molecule has 0 rings (SSSR count). The molecule has 13 heteroatoms. The Balaban J connectivity index is -0.0000000873. The number of aliphatic hydroxyl groups excluding tert-OH is 4. The second-order valence-electron chi connectivity index (χ2n) is 6.53. The van der Waals surface area contributed by atoms with Gasteiger partial charge in [0.2, 0.25) is 0 Å². The van der Waals surface area contributed by atoms with Gasteiger partial charge < -0.3 is 43.4 Å². The topological polar surface area (TPSA) is 233 Å². The largest absolute Gasteiger partial charge is 0.379 e. The Hall–Kier alpha value is 0.234. The van der Waals surface area contributed by atoms with E-state index in [1.54, 1.807) is 55.4 Å². The van der Waals surface area contributed by atoms with Gasteiger partial charge in [-0.1, -0.05) is 0 Å². The molecule has 0 amide bonds. The van der Waals surface area contributed by atoms with Crippen LogP contribution in [0.1, 0.15) is 55.4 Å². The molecule has 180 valence electrons. The number of rotatable bonds is 8. The zero-order chi connectivity index (χ0) is 23.4. The van der Waals surface area contributed by atoms with Crippen molar-refractivity contribution in [3.8, 4) is 0 Å². The molecule has 0 fully saturated rings. The Kier molecular flexibility index (Phi) is 35.9. The van der Waals surface area contributed by atoms with Crippen LogP contribution in [0.5, 0.6) is 0 Å². The second kappa shape index (κ2) is 26.3. The number of hydrogen-bond acceptors (Lipinski definition) is 12. The van der Waals surface area contributed by atoms with E-state index in [2.05, 4.69) is 21.3 Å². The number of nitrogens with two attached hydrogens (primary N) is 4. The molecular formula is C16H48N8O4Ti. The van der Waals surface area contributed by atoms with Gasteiger partial charge in [-0.3, -0.25) is 21.3 Å². The minimum absolute atomic E-state index is 0. The van der Waals surface area contributed by atoms with Gasteiger partial charge in [0.05, 0.1) is 24.7 Å². The summed E-state index contributed by atoms with van der Waals surface area (Å²) in [5.74, 6) is 0. The second-order valence-corrected chi connectivity index (χ2v) is 6.53. The molecule has 16 N–H and O–H groups in total. The van der Waals surface area contributed by atoms with Crippen molar-refractivity contribution in [2.45, 2.75) is 105 Å². The van der Waals surface area contributed by atoms with Crippen molar-refractivity contribution in [2.24, 2.45) is 22.9 Å². The molecule has 0 aliphatic carbocycles. The maximum atomic E-state index is 8.53. The first-order valence-electron chi connectivity index (χ1n) is 9.29. The molecule has 0 radical (unpaired) electrons. The van der Waals surface area contributed by atoms with Crippen molar-refractivity contribution in [3.05, 3.63) is 0 Å². The molecule has 8 unspecified atom stereocenters. The van der Waals surface area contributed by atoms with E-state index >= 15 is 0 Å². The summed E-state index contributed by atoms with van der Waals surface area (Å²) in [4.78, 5) is 0. The summed E-state index contributed by atoms with van der Waals surface area (Å²) in [7, 11) is 0. The Labute approximate surface area is 191 Å². The van der Waals surface area contributed by atoms with Gasteiger partial charge in [-0.2, -0.15) is 0 Å². The average Bonchev–Trinajstić information content (AvgIpc) is 2.32. The summed E-state index contributed by atoms with van der Waals surface area (Å²) in [5, 5.41) is 44.7. The van der Waals surface area contributed by atoms with Gasteiger partial charge in [0, 0.05) is 21.7 Å². The summed E-state index contributed by atoms with van der Waals surface area (Å²) < 4.78 is 0. The van der Waals surface area contributed by atoms with Crippen LogP contribution in [0.2, 0.25) is 0 Å². The van der Waals surface area contributed by atoms with Crippen molar-refractivity contribution in [3.63, 3.8) is 0 Å². The zero-order valence-corrected chi connectivity index (χ0v) is 20.8. The number of aliphatic hydroxyl groups is 4. The molecule has 8 atom stereocenters. The number of nitrogens with one attached hydrogen (secondary N) is 4. The third-order valence-corrected chi connectivity index (χ3v) is 2.02. The van der Waals surface area contributed by atoms with E-state index < -0.39 is 24.9 Å². The van der Waals surface area contributed by atoms with Crippen molar-refractivity contribution >= 4 is 0 Å². The Morgan fingerprint density at radius 3 is 0.517 bits per heavy atom. The summed E-state index contributed by atoms with van der Waals surface area (Å²) in [6, 6.07) is 0. The zero-order valence-electron chi connectivity index (χ0n) is 19.2. The summed E-state index contributed by atoms with van der Waals surface area (Å²) >= 11 is 0. The standard InChI is InChI=1S/4C4H12N2O.Ti/c4*1-3(5)6-4(2)7;/h4*3-4,6-7H,5H2,1-2H3;. The van der Waals surface area contributed by atoms with E-state index in [9.17, 15) is 0 Å². The van der Waals surface area contributed by atoms with Crippen LogP contribution in [0.3, 0.4) is 0 Å². The SMILES string of the molecule is CC(N)NC(C)O.CC(N)NC(C)O.CC(N)NC(C)O.CC(N)NC(C)O.[Ti]. The minimum Gasteiger partial charge on any atom is -0.379 e. The fourth-order valence-corrected chi connectivity index (χ4v) is 1.52. The van der Waals surface area contributed by atoms with Crippen molar-refractivity contribution in [2.75, 3.05) is 0 Å². The van der Waals surface area contributed by atoms with Crippen molar-refractivity contribution in [1.82, 2.24) is 21.3 Å². The molecular weight excluding hydrogens is 416 g/mol. The molecule has 0 aromatic carbocycles. The molecule has 12 nitrogen and oxygen atoms in total. The van der Waals surface area contributed by atoms with Gasteiger partial charge in [0.1, 0.15) is 24.9 Å². The quantitative estimate of drug-likeness (QED) is 0.126. The van der Waals surface area contributed by atoms with Crippen molar-refractivity contribution in [1.29, 1.82) is 0 Å². The van der Waals surface area contributed by atoms with Gasteiger partial charge in [0.25, 0.3) is 0 Å².